The van der Waals surface area contributed by atoms with E-state index in [1.165, 1.54) is 6.20 Å². The Morgan fingerprint density at radius 1 is 1.39 bits per heavy atom. The molecule has 1 amide bonds. The van der Waals surface area contributed by atoms with Gasteiger partial charge in [-0.05, 0) is 25.0 Å². The van der Waals surface area contributed by atoms with Crippen LogP contribution in [0.5, 0.6) is 0 Å². The molecule has 1 aromatic heterocycles. The first kappa shape index (κ1) is 11.2. The standard InChI is InChI=1S/C13H13N3O2/c14-5-9-1-4-12(15-6-9)13(17)16-7-10-2-3-11(8-16)18-10/h1,4,6,10-11H,2-3,7-8H2. The normalized spacial score (nSPS) is 25.8. The molecule has 2 atom stereocenters. The van der Waals surface area contributed by atoms with Crippen molar-refractivity contribution in [3.05, 3.63) is 29.6 Å². The number of amides is 1. The summed E-state index contributed by atoms with van der Waals surface area (Å²) in [5.74, 6) is -0.0697. The molecule has 5 nitrogen and oxygen atoms in total. The molecule has 3 heterocycles. The Morgan fingerprint density at radius 3 is 2.67 bits per heavy atom. The van der Waals surface area contributed by atoms with Crippen LogP contribution in [0.25, 0.3) is 0 Å². The number of fused-ring (bicyclic) bond motifs is 2. The highest BCUT2D eigenvalue weighted by Crippen LogP contribution is 2.26. The van der Waals surface area contributed by atoms with E-state index in [4.69, 9.17) is 10.00 Å². The first-order valence-corrected chi connectivity index (χ1v) is 6.07. The summed E-state index contributed by atoms with van der Waals surface area (Å²) in [6.07, 6.45) is 3.88. The van der Waals surface area contributed by atoms with Crippen LogP contribution in [0.2, 0.25) is 0 Å². The molecule has 0 spiro atoms. The highest BCUT2D eigenvalue weighted by molar-refractivity contribution is 5.92. The fraction of sp³-hybridized carbons (Fsp3) is 0.462. The van der Waals surface area contributed by atoms with Crippen molar-refractivity contribution < 1.29 is 9.53 Å². The zero-order valence-corrected chi connectivity index (χ0v) is 9.87. The molecule has 3 rings (SSSR count). The van der Waals surface area contributed by atoms with Crippen molar-refractivity contribution in [2.45, 2.75) is 25.0 Å². The lowest BCUT2D eigenvalue weighted by atomic mass is 10.2. The number of nitrogens with zero attached hydrogens (tertiary/aromatic N) is 3. The number of aromatic nitrogens is 1. The van der Waals surface area contributed by atoms with Gasteiger partial charge in [0.15, 0.2) is 0 Å². The van der Waals surface area contributed by atoms with Gasteiger partial charge in [-0.2, -0.15) is 5.26 Å². The Bertz CT molecular complexity index is 494. The number of hydrogen-bond acceptors (Lipinski definition) is 4. The number of ether oxygens (including phenoxy) is 1. The smallest absolute Gasteiger partial charge is 0.272 e. The largest absolute Gasteiger partial charge is 0.371 e. The van der Waals surface area contributed by atoms with Crippen LogP contribution in [0.4, 0.5) is 0 Å². The van der Waals surface area contributed by atoms with Gasteiger partial charge >= 0.3 is 0 Å². The molecule has 2 unspecified atom stereocenters. The summed E-state index contributed by atoms with van der Waals surface area (Å²) in [5.41, 5.74) is 0.865. The van der Waals surface area contributed by atoms with E-state index in [1.807, 2.05) is 6.07 Å². The molecule has 1 aromatic rings. The van der Waals surface area contributed by atoms with Crippen molar-refractivity contribution >= 4 is 5.91 Å². The quantitative estimate of drug-likeness (QED) is 0.736. The fourth-order valence-electron chi connectivity index (χ4n) is 2.53. The maximum atomic E-state index is 12.2. The Kier molecular flexibility index (Phi) is 2.73. The number of carbonyl (C=O) groups is 1. The second kappa shape index (κ2) is 4.39. The number of carbonyl (C=O) groups excluding carboxylic acids is 1. The first-order chi connectivity index (χ1) is 8.76. The fourth-order valence-corrected chi connectivity index (χ4v) is 2.53. The van der Waals surface area contributed by atoms with E-state index in [1.54, 1.807) is 17.0 Å². The maximum absolute atomic E-state index is 12.2. The van der Waals surface area contributed by atoms with Gasteiger partial charge in [0.1, 0.15) is 11.8 Å². The summed E-state index contributed by atoms with van der Waals surface area (Å²) in [7, 11) is 0. The number of hydrogen-bond donors (Lipinski definition) is 0. The molecule has 2 saturated heterocycles. The third-order valence-electron chi connectivity index (χ3n) is 3.44. The van der Waals surface area contributed by atoms with E-state index in [2.05, 4.69) is 4.98 Å². The third-order valence-corrected chi connectivity index (χ3v) is 3.44. The van der Waals surface area contributed by atoms with E-state index in [0.717, 1.165) is 12.8 Å². The van der Waals surface area contributed by atoms with Crippen LogP contribution in [0, 0.1) is 11.3 Å². The summed E-state index contributed by atoms with van der Waals surface area (Å²) in [5, 5.41) is 8.69. The number of morpholine rings is 1. The van der Waals surface area contributed by atoms with Crippen LogP contribution < -0.4 is 0 Å². The summed E-state index contributed by atoms with van der Waals surface area (Å²) in [6.45, 7) is 1.30. The summed E-state index contributed by atoms with van der Waals surface area (Å²) in [6, 6.07) is 5.22. The van der Waals surface area contributed by atoms with Crippen molar-refractivity contribution in [1.82, 2.24) is 9.88 Å². The van der Waals surface area contributed by atoms with Gasteiger partial charge in [0, 0.05) is 19.3 Å². The van der Waals surface area contributed by atoms with Gasteiger partial charge in [-0.3, -0.25) is 4.79 Å². The second-order valence-corrected chi connectivity index (χ2v) is 4.71. The molecule has 0 radical (unpaired) electrons. The van der Waals surface area contributed by atoms with Gasteiger partial charge in [0.25, 0.3) is 5.91 Å². The lowest BCUT2D eigenvalue weighted by molar-refractivity contribution is -0.0305. The second-order valence-electron chi connectivity index (χ2n) is 4.71. The average molecular weight is 243 g/mol. The van der Waals surface area contributed by atoms with Crippen LogP contribution in [0.15, 0.2) is 18.3 Å². The predicted octanol–water partition coefficient (Wildman–Crippen LogP) is 0.957. The van der Waals surface area contributed by atoms with Crippen LogP contribution in [-0.2, 0) is 4.74 Å². The lowest BCUT2D eigenvalue weighted by Gasteiger charge is -2.31. The van der Waals surface area contributed by atoms with Gasteiger partial charge in [0.2, 0.25) is 0 Å². The minimum atomic E-state index is -0.0697. The number of pyridine rings is 1. The maximum Gasteiger partial charge on any atom is 0.272 e. The topological polar surface area (TPSA) is 66.2 Å². The minimum Gasteiger partial charge on any atom is -0.371 e. The molecule has 0 aromatic carbocycles. The molecule has 92 valence electrons. The highest BCUT2D eigenvalue weighted by atomic mass is 16.5. The van der Waals surface area contributed by atoms with Crippen LogP contribution >= 0.6 is 0 Å². The van der Waals surface area contributed by atoms with Crippen molar-refractivity contribution in [2.24, 2.45) is 0 Å². The molecular formula is C13H13N3O2. The summed E-state index contributed by atoms with van der Waals surface area (Å²) in [4.78, 5) is 18.1. The Morgan fingerprint density at radius 2 is 2.11 bits per heavy atom. The average Bonchev–Trinajstić information content (AvgIpc) is 2.77. The monoisotopic (exact) mass is 243 g/mol. The number of nitriles is 1. The van der Waals surface area contributed by atoms with Crippen molar-refractivity contribution in [3.8, 4) is 6.07 Å². The van der Waals surface area contributed by atoms with Gasteiger partial charge in [-0.25, -0.2) is 4.98 Å². The molecule has 0 N–H and O–H groups in total. The number of rotatable bonds is 1. The van der Waals surface area contributed by atoms with Gasteiger partial charge in [0.05, 0.1) is 17.8 Å². The molecular weight excluding hydrogens is 230 g/mol. The molecule has 5 heteroatoms. The Labute approximate surface area is 105 Å². The van der Waals surface area contributed by atoms with E-state index in [0.29, 0.717) is 24.3 Å². The van der Waals surface area contributed by atoms with Crippen LogP contribution in [0.3, 0.4) is 0 Å². The van der Waals surface area contributed by atoms with Crippen molar-refractivity contribution in [1.29, 1.82) is 5.26 Å². The SMILES string of the molecule is N#Cc1ccc(C(=O)N2CC3CCC(C2)O3)nc1. The van der Waals surface area contributed by atoms with E-state index >= 15 is 0 Å². The lowest BCUT2D eigenvalue weighted by Crippen LogP contribution is -2.46. The molecule has 2 fully saturated rings. The summed E-state index contributed by atoms with van der Waals surface area (Å²) < 4.78 is 5.69. The third kappa shape index (κ3) is 1.95. The summed E-state index contributed by atoms with van der Waals surface area (Å²) >= 11 is 0. The van der Waals surface area contributed by atoms with Gasteiger partial charge < -0.3 is 9.64 Å². The van der Waals surface area contributed by atoms with E-state index in [9.17, 15) is 4.79 Å². The van der Waals surface area contributed by atoms with Crippen LogP contribution in [0.1, 0.15) is 28.9 Å². The molecule has 0 aliphatic carbocycles. The van der Waals surface area contributed by atoms with E-state index in [-0.39, 0.29) is 18.1 Å². The Hall–Kier alpha value is -1.93. The molecule has 2 aliphatic heterocycles. The van der Waals surface area contributed by atoms with E-state index < -0.39 is 0 Å². The zero-order chi connectivity index (χ0) is 12.5. The molecule has 18 heavy (non-hydrogen) atoms. The van der Waals surface area contributed by atoms with Gasteiger partial charge in [-0.1, -0.05) is 0 Å². The zero-order valence-electron chi connectivity index (χ0n) is 9.87. The molecule has 0 saturated carbocycles. The van der Waals surface area contributed by atoms with Crippen LogP contribution in [-0.4, -0.2) is 41.1 Å². The predicted molar refractivity (Wildman–Crippen MR) is 62.8 cm³/mol. The molecule has 2 aliphatic rings. The van der Waals surface area contributed by atoms with Crippen molar-refractivity contribution in [2.75, 3.05) is 13.1 Å². The highest BCUT2D eigenvalue weighted by Gasteiger charge is 2.36. The first-order valence-electron chi connectivity index (χ1n) is 6.07. The molecule has 2 bridgehead atoms. The van der Waals surface area contributed by atoms with Crippen molar-refractivity contribution in [3.63, 3.8) is 0 Å². The number of likely N-dealkylation sites (tertiary alicyclic amines) is 1. The minimum absolute atomic E-state index is 0.0697. The van der Waals surface area contributed by atoms with Gasteiger partial charge in [-0.15, -0.1) is 0 Å². The Balaban J connectivity index is 1.76.